The Bertz CT molecular complexity index is 335. The van der Waals surface area contributed by atoms with Crippen molar-refractivity contribution in [2.24, 2.45) is 11.7 Å². The van der Waals surface area contributed by atoms with E-state index >= 15 is 0 Å². The van der Waals surface area contributed by atoms with Gasteiger partial charge in [0.1, 0.15) is 5.82 Å². The average molecular weight is 237 g/mol. The Balaban J connectivity index is 2.00. The van der Waals surface area contributed by atoms with Crippen LogP contribution in [0.2, 0.25) is 0 Å². The van der Waals surface area contributed by atoms with Crippen molar-refractivity contribution in [3.05, 3.63) is 6.20 Å². The van der Waals surface area contributed by atoms with E-state index in [2.05, 4.69) is 22.6 Å². The molecule has 0 amide bonds. The number of rotatable bonds is 5. The first-order chi connectivity index (χ1) is 8.35. The summed E-state index contributed by atoms with van der Waals surface area (Å²) in [6, 6.07) is 0.489. The van der Waals surface area contributed by atoms with Crippen molar-refractivity contribution < 1.29 is 0 Å². The molecule has 1 saturated carbocycles. The van der Waals surface area contributed by atoms with Gasteiger partial charge in [-0.15, -0.1) is 5.10 Å². The zero-order valence-corrected chi connectivity index (χ0v) is 10.6. The molecule has 17 heavy (non-hydrogen) atoms. The fourth-order valence-corrected chi connectivity index (χ4v) is 2.62. The second kappa shape index (κ2) is 6.00. The quantitative estimate of drug-likeness (QED) is 0.816. The van der Waals surface area contributed by atoms with E-state index in [1.807, 2.05) is 10.9 Å². The first-order valence-electron chi connectivity index (χ1n) is 6.70. The molecule has 1 aromatic heterocycles. The van der Waals surface area contributed by atoms with E-state index in [0.717, 1.165) is 25.3 Å². The van der Waals surface area contributed by atoms with Gasteiger partial charge < -0.3 is 11.1 Å². The van der Waals surface area contributed by atoms with Gasteiger partial charge in [0.05, 0.1) is 6.20 Å². The molecule has 0 bridgehead atoms. The van der Waals surface area contributed by atoms with Crippen LogP contribution in [-0.4, -0.2) is 27.6 Å². The molecule has 0 aromatic carbocycles. The third kappa shape index (κ3) is 2.97. The van der Waals surface area contributed by atoms with Crippen LogP contribution in [-0.2, 0) is 6.54 Å². The van der Waals surface area contributed by atoms with Gasteiger partial charge in [-0.05, 0) is 31.7 Å². The molecule has 2 unspecified atom stereocenters. The second-order valence-electron chi connectivity index (χ2n) is 4.87. The molecule has 1 fully saturated rings. The topological polar surface area (TPSA) is 68.8 Å². The average Bonchev–Trinajstić information content (AvgIpc) is 2.78. The number of hydrogen-bond donors (Lipinski definition) is 2. The number of anilines is 1. The first-order valence-corrected chi connectivity index (χ1v) is 6.70. The molecule has 2 rings (SSSR count). The van der Waals surface area contributed by atoms with E-state index < -0.39 is 0 Å². The lowest BCUT2D eigenvalue weighted by atomic mass is 9.84. The summed E-state index contributed by atoms with van der Waals surface area (Å²) in [6.45, 7) is 3.84. The summed E-state index contributed by atoms with van der Waals surface area (Å²) in [6.07, 6.45) is 7.94. The summed E-state index contributed by atoms with van der Waals surface area (Å²) >= 11 is 0. The maximum Gasteiger partial charge on any atom is 0.145 e. The van der Waals surface area contributed by atoms with E-state index in [1.165, 1.54) is 25.7 Å². The van der Waals surface area contributed by atoms with Gasteiger partial charge in [0, 0.05) is 12.6 Å². The van der Waals surface area contributed by atoms with Gasteiger partial charge >= 0.3 is 0 Å². The second-order valence-corrected chi connectivity index (χ2v) is 4.87. The van der Waals surface area contributed by atoms with Gasteiger partial charge in [-0.2, -0.15) is 0 Å². The normalized spacial score (nSPS) is 24.8. The molecular weight excluding hydrogens is 214 g/mol. The number of nitrogens with one attached hydrogen (secondary N) is 1. The van der Waals surface area contributed by atoms with Gasteiger partial charge in [-0.25, -0.2) is 4.68 Å². The molecule has 5 nitrogen and oxygen atoms in total. The van der Waals surface area contributed by atoms with Crippen LogP contribution in [0.25, 0.3) is 0 Å². The highest BCUT2D eigenvalue weighted by molar-refractivity contribution is 5.33. The van der Waals surface area contributed by atoms with Gasteiger partial charge in [-0.3, -0.25) is 0 Å². The number of aryl methyl sites for hydroxylation is 1. The monoisotopic (exact) mass is 237 g/mol. The summed E-state index contributed by atoms with van der Waals surface area (Å²) in [5.74, 6) is 1.63. The fraction of sp³-hybridized carbons (Fsp3) is 0.833. The molecule has 1 heterocycles. The molecule has 0 spiro atoms. The maximum absolute atomic E-state index is 5.84. The van der Waals surface area contributed by atoms with Crippen LogP contribution in [0.5, 0.6) is 0 Å². The number of nitrogens with zero attached hydrogens (tertiary/aromatic N) is 3. The smallest absolute Gasteiger partial charge is 0.145 e. The minimum atomic E-state index is 0.489. The highest BCUT2D eigenvalue weighted by Crippen LogP contribution is 2.26. The fourth-order valence-electron chi connectivity index (χ4n) is 2.62. The van der Waals surface area contributed by atoms with Crippen molar-refractivity contribution in [1.82, 2.24) is 15.0 Å². The third-order valence-electron chi connectivity index (χ3n) is 3.60. The highest BCUT2D eigenvalue weighted by atomic mass is 15.5. The first kappa shape index (κ1) is 12.4. The molecular formula is C12H23N5. The van der Waals surface area contributed by atoms with E-state index in [1.54, 1.807) is 0 Å². The van der Waals surface area contributed by atoms with E-state index in [9.17, 15) is 0 Å². The maximum atomic E-state index is 5.84. The van der Waals surface area contributed by atoms with Crippen molar-refractivity contribution in [1.29, 1.82) is 0 Å². The van der Waals surface area contributed by atoms with Crippen LogP contribution in [0.4, 0.5) is 5.82 Å². The van der Waals surface area contributed by atoms with Gasteiger partial charge in [0.2, 0.25) is 0 Å². The molecule has 1 aliphatic rings. The lowest BCUT2D eigenvalue weighted by molar-refractivity contribution is 0.331. The Morgan fingerprint density at radius 1 is 1.47 bits per heavy atom. The Morgan fingerprint density at radius 3 is 3.06 bits per heavy atom. The van der Waals surface area contributed by atoms with E-state index in [0.29, 0.717) is 12.0 Å². The Kier molecular flexibility index (Phi) is 4.36. The Morgan fingerprint density at radius 2 is 2.29 bits per heavy atom. The zero-order chi connectivity index (χ0) is 12.1. The van der Waals surface area contributed by atoms with Crippen LogP contribution in [0.3, 0.4) is 0 Å². The van der Waals surface area contributed by atoms with Crippen molar-refractivity contribution in [3.8, 4) is 0 Å². The SMILES string of the molecule is CCCn1nncc1NC1CCCCC1CN. The standard InChI is InChI=1S/C12H23N5/c1-2-7-17-12(9-14-16-17)15-11-6-4-3-5-10(11)8-13/h9-11,15H,2-8,13H2,1H3. The van der Waals surface area contributed by atoms with Crippen molar-refractivity contribution in [2.45, 2.75) is 51.6 Å². The van der Waals surface area contributed by atoms with Crippen LogP contribution in [0, 0.1) is 5.92 Å². The molecule has 1 aliphatic carbocycles. The summed E-state index contributed by atoms with van der Waals surface area (Å²) < 4.78 is 1.95. The molecule has 0 radical (unpaired) electrons. The lowest BCUT2D eigenvalue weighted by Gasteiger charge is -2.31. The van der Waals surface area contributed by atoms with Crippen LogP contribution in [0.1, 0.15) is 39.0 Å². The molecule has 0 saturated heterocycles. The summed E-state index contributed by atoms with van der Waals surface area (Å²) in [4.78, 5) is 0. The summed E-state index contributed by atoms with van der Waals surface area (Å²) in [5.41, 5.74) is 5.84. The minimum absolute atomic E-state index is 0.489. The highest BCUT2D eigenvalue weighted by Gasteiger charge is 2.24. The Hall–Kier alpha value is -1.10. The van der Waals surface area contributed by atoms with Crippen LogP contribution < -0.4 is 11.1 Å². The van der Waals surface area contributed by atoms with Crippen LogP contribution >= 0.6 is 0 Å². The third-order valence-corrected chi connectivity index (χ3v) is 3.60. The van der Waals surface area contributed by atoms with Gasteiger partial charge in [0.15, 0.2) is 0 Å². The minimum Gasteiger partial charge on any atom is -0.366 e. The summed E-state index contributed by atoms with van der Waals surface area (Å²) in [5, 5.41) is 11.6. The van der Waals surface area contributed by atoms with Crippen LogP contribution in [0.15, 0.2) is 6.20 Å². The van der Waals surface area contributed by atoms with Gasteiger partial charge in [0.25, 0.3) is 0 Å². The van der Waals surface area contributed by atoms with E-state index in [-0.39, 0.29) is 0 Å². The van der Waals surface area contributed by atoms with Crippen molar-refractivity contribution in [3.63, 3.8) is 0 Å². The Labute approximate surface area is 103 Å². The van der Waals surface area contributed by atoms with Gasteiger partial charge in [-0.1, -0.05) is 25.0 Å². The number of aromatic nitrogens is 3. The summed E-state index contributed by atoms with van der Waals surface area (Å²) in [7, 11) is 0. The number of nitrogens with two attached hydrogens (primary N) is 1. The number of hydrogen-bond acceptors (Lipinski definition) is 4. The molecule has 2 atom stereocenters. The lowest BCUT2D eigenvalue weighted by Crippen LogP contribution is -2.37. The zero-order valence-electron chi connectivity index (χ0n) is 10.6. The predicted octanol–water partition coefficient (Wildman–Crippen LogP) is 1.62. The molecule has 3 N–H and O–H groups in total. The van der Waals surface area contributed by atoms with Crippen molar-refractivity contribution >= 4 is 5.82 Å². The molecule has 1 aromatic rings. The van der Waals surface area contributed by atoms with E-state index in [4.69, 9.17) is 5.73 Å². The molecule has 0 aliphatic heterocycles. The molecule has 5 heteroatoms. The molecule has 96 valence electrons. The largest absolute Gasteiger partial charge is 0.366 e. The van der Waals surface area contributed by atoms with Crippen molar-refractivity contribution in [2.75, 3.05) is 11.9 Å². The predicted molar refractivity (Wildman–Crippen MR) is 68.7 cm³/mol.